The molecule has 0 radical (unpaired) electrons. The number of primary amides is 1. The zero-order chi connectivity index (χ0) is 47.1. The summed E-state index contributed by atoms with van der Waals surface area (Å²) in [5.41, 5.74) is 0.705. The summed E-state index contributed by atoms with van der Waals surface area (Å²) in [6, 6.07) is 16.1. The molecule has 2 aliphatic heterocycles. The quantitative estimate of drug-likeness (QED) is 0.100. The fourth-order valence-electron chi connectivity index (χ4n) is 6.87. The standard InChI is InChI=1S/C44H62IN7O11/c1-40(2,3)60-36(54)48-34-47-30(27-59-33(46)53)32-44(51(34)38(56)62-42(7,8)9,31(45)23-24-58-26-29-21-17-14-18-22-29)52(39(57)63-43(10,11)12)35(49-37(55)61-41(4,5)6)50(32)25-28-19-15-13-16-20-28/h13-22,30-32H,23-27H2,1-12H3,(H2,46,53)(H,47,48,54)/b49-35+. The molecule has 346 valence electrons. The van der Waals surface area contributed by atoms with Crippen molar-refractivity contribution in [3.63, 3.8) is 0 Å². The molecule has 0 saturated carbocycles. The second kappa shape index (κ2) is 20.1. The molecule has 2 heterocycles. The number of rotatable bonds is 10. The van der Waals surface area contributed by atoms with Crippen LogP contribution in [-0.2, 0) is 41.6 Å². The molecular formula is C44H62IN7O11. The molecule has 19 heteroatoms. The maximum absolute atomic E-state index is 15.3. The molecule has 5 amide bonds. The number of halogens is 1. The number of carbonyl (C=O) groups is 5. The Morgan fingerprint density at radius 1 is 0.762 bits per heavy atom. The van der Waals surface area contributed by atoms with Gasteiger partial charge in [-0.15, -0.1) is 4.99 Å². The van der Waals surface area contributed by atoms with Gasteiger partial charge in [-0.2, -0.15) is 0 Å². The van der Waals surface area contributed by atoms with Crippen molar-refractivity contribution in [1.82, 2.24) is 20.0 Å². The third-order valence-electron chi connectivity index (χ3n) is 8.84. The van der Waals surface area contributed by atoms with Crippen LogP contribution in [0.4, 0.5) is 24.0 Å². The maximum Gasteiger partial charge on any atom is 0.437 e. The average molecular weight is 992 g/mol. The van der Waals surface area contributed by atoms with E-state index < -0.39 is 87.1 Å². The molecule has 2 aliphatic rings. The number of guanidine groups is 2. The molecule has 0 aromatic heterocycles. The fourth-order valence-corrected chi connectivity index (χ4v) is 8.05. The fraction of sp³-hybridized carbons (Fsp3) is 0.568. The molecule has 1 saturated heterocycles. The molecule has 3 N–H and O–H groups in total. The van der Waals surface area contributed by atoms with Crippen molar-refractivity contribution in [2.24, 2.45) is 15.7 Å². The van der Waals surface area contributed by atoms with Gasteiger partial charge in [0.05, 0.1) is 10.5 Å². The van der Waals surface area contributed by atoms with Gasteiger partial charge in [-0.05, 0) is 101 Å². The highest BCUT2D eigenvalue weighted by molar-refractivity contribution is 14.1. The van der Waals surface area contributed by atoms with Crippen LogP contribution in [0, 0.1) is 0 Å². The van der Waals surface area contributed by atoms with Gasteiger partial charge in [0.15, 0.2) is 5.66 Å². The number of amides is 5. The first-order valence-corrected chi connectivity index (χ1v) is 21.8. The first kappa shape index (κ1) is 50.5. The number of hydrogen-bond donors (Lipinski definition) is 2. The van der Waals surface area contributed by atoms with Gasteiger partial charge < -0.3 is 39.1 Å². The third-order valence-corrected chi connectivity index (χ3v) is 10.4. The van der Waals surface area contributed by atoms with Crippen molar-refractivity contribution < 1.29 is 52.4 Å². The van der Waals surface area contributed by atoms with Crippen LogP contribution in [0.3, 0.4) is 0 Å². The summed E-state index contributed by atoms with van der Waals surface area (Å²) in [4.78, 5) is 83.9. The Kier molecular flexibility index (Phi) is 16.1. The molecule has 2 aromatic carbocycles. The van der Waals surface area contributed by atoms with Crippen LogP contribution in [0.5, 0.6) is 0 Å². The number of aliphatic imine (C=N–C) groups is 2. The van der Waals surface area contributed by atoms with E-state index in [0.29, 0.717) is 5.56 Å². The number of nitrogens with one attached hydrogen (secondary N) is 1. The predicted octanol–water partition coefficient (Wildman–Crippen LogP) is 8.10. The maximum atomic E-state index is 15.3. The molecule has 18 nitrogen and oxygen atoms in total. The third kappa shape index (κ3) is 13.9. The summed E-state index contributed by atoms with van der Waals surface area (Å²) >= 11 is 2.11. The summed E-state index contributed by atoms with van der Waals surface area (Å²) in [5.74, 6) is -0.739. The monoisotopic (exact) mass is 991 g/mol. The van der Waals surface area contributed by atoms with Gasteiger partial charge in [-0.25, -0.2) is 38.8 Å². The van der Waals surface area contributed by atoms with E-state index in [1.807, 2.05) is 60.7 Å². The van der Waals surface area contributed by atoms with Gasteiger partial charge in [0.1, 0.15) is 41.1 Å². The second-order valence-corrected chi connectivity index (χ2v) is 20.4. The first-order chi connectivity index (χ1) is 29.1. The van der Waals surface area contributed by atoms with Gasteiger partial charge >= 0.3 is 30.5 Å². The van der Waals surface area contributed by atoms with Crippen LogP contribution in [-0.4, -0.2) is 114 Å². The van der Waals surface area contributed by atoms with Crippen molar-refractivity contribution in [3.05, 3.63) is 71.8 Å². The van der Waals surface area contributed by atoms with E-state index in [4.69, 9.17) is 39.1 Å². The Labute approximate surface area is 383 Å². The van der Waals surface area contributed by atoms with Crippen LogP contribution in [0.1, 0.15) is 101 Å². The van der Waals surface area contributed by atoms with E-state index in [1.165, 1.54) is 0 Å². The number of benzene rings is 2. The lowest BCUT2D eigenvalue weighted by molar-refractivity contribution is -0.0486. The highest BCUT2D eigenvalue weighted by atomic mass is 127. The summed E-state index contributed by atoms with van der Waals surface area (Å²) in [7, 11) is 0. The van der Waals surface area contributed by atoms with Crippen molar-refractivity contribution in [1.29, 1.82) is 0 Å². The van der Waals surface area contributed by atoms with Crippen molar-refractivity contribution in [2.45, 2.75) is 147 Å². The number of carbonyl (C=O) groups excluding carboxylic acids is 5. The number of hydrogen-bond acceptors (Lipinski definition) is 12. The molecule has 0 aliphatic carbocycles. The normalized spacial score (nSPS) is 20.3. The summed E-state index contributed by atoms with van der Waals surface area (Å²) < 4.78 is 34.3. The lowest BCUT2D eigenvalue weighted by Crippen LogP contribution is -2.78. The number of ether oxygens (including phenoxy) is 6. The largest absolute Gasteiger partial charge is 0.447 e. The van der Waals surface area contributed by atoms with Gasteiger partial charge in [0.2, 0.25) is 11.9 Å². The number of nitrogens with two attached hydrogens (primary N) is 1. The van der Waals surface area contributed by atoms with E-state index in [9.17, 15) is 14.4 Å². The van der Waals surface area contributed by atoms with Crippen molar-refractivity contribution >= 4 is 65.0 Å². The Morgan fingerprint density at radius 3 is 1.78 bits per heavy atom. The summed E-state index contributed by atoms with van der Waals surface area (Å²) in [5, 5.41) is 2.63. The predicted molar refractivity (Wildman–Crippen MR) is 243 cm³/mol. The molecule has 1 fully saturated rings. The second-order valence-electron chi connectivity index (χ2n) is 18.9. The molecule has 2 aromatic rings. The first-order valence-electron chi connectivity index (χ1n) is 20.6. The Balaban J connectivity index is 2.18. The Morgan fingerprint density at radius 2 is 1.27 bits per heavy atom. The van der Waals surface area contributed by atoms with E-state index in [2.05, 4.69) is 32.9 Å². The smallest absolute Gasteiger partial charge is 0.437 e. The van der Waals surface area contributed by atoms with Crippen LogP contribution >= 0.6 is 22.6 Å². The number of alkyl halides is 1. The Hall–Kier alpha value is -5.18. The zero-order valence-corrected chi connectivity index (χ0v) is 40.4. The molecule has 4 atom stereocenters. The SMILES string of the molecule is CC(C)(C)OC(=O)/N=C1\N(Cc2ccccc2)C2C(COC(N)=O)N=C(NC(=O)OC(C)(C)C)N(C(=O)OC(C)(C)C)C2(C(I)CCOCc2ccccc2)N1C(=O)OC(C)(C)C. The average Bonchev–Trinajstić information content (AvgIpc) is 3.39. The molecular weight excluding hydrogens is 929 g/mol. The molecule has 0 spiro atoms. The van der Waals surface area contributed by atoms with Crippen LogP contribution in [0.15, 0.2) is 70.6 Å². The lowest BCUT2D eigenvalue weighted by atomic mass is 9.85. The molecule has 0 bridgehead atoms. The van der Waals surface area contributed by atoms with E-state index in [-0.39, 0.29) is 32.1 Å². The van der Waals surface area contributed by atoms with E-state index >= 15 is 9.59 Å². The highest BCUT2D eigenvalue weighted by Crippen LogP contribution is 2.49. The topological polar surface area (TPSA) is 213 Å². The molecule has 4 rings (SSSR count). The number of nitrogens with zero attached hydrogens (tertiary/aromatic N) is 5. The van der Waals surface area contributed by atoms with Crippen LogP contribution in [0.25, 0.3) is 0 Å². The lowest BCUT2D eigenvalue weighted by Gasteiger charge is -2.53. The summed E-state index contributed by atoms with van der Waals surface area (Å²) in [6.07, 6.45) is -5.22. The molecule has 4 unspecified atom stereocenters. The van der Waals surface area contributed by atoms with Crippen LogP contribution < -0.4 is 11.1 Å². The minimum atomic E-state index is -2.12. The minimum Gasteiger partial charge on any atom is -0.447 e. The van der Waals surface area contributed by atoms with E-state index in [1.54, 1.807) is 88.0 Å². The van der Waals surface area contributed by atoms with Crippen molar-refractivity contribution in [2.75, 3.05) is 13.2 Å². The van der Waals surface area contributed by atoms with Crippen molar-refractivity contribution in [3.8, 4) is 0 Å². The summed E-state index contributed by atoms with van der Waals surface area (Å²) in [6.45, 7) is 19.6. The molecule has 63 heavy (non-hydrogen) atoms. The number of alkyl carbamates (subject to hydrolysis) is 1. The van der Waals surface area contributed by atoms with E-state index in [0.717, 1.165) is 15.4 Å². The number of fused-ring (bicyclic) bond motifs is 1. The van der Waals surface area contributed by atoms with Gasteiger partial charge in [0, 0.05) is 13.2 Å². The Bertz CT molecular complexity index is 2010. The highest BCUT2D eigenvalue weighted by Gasteiger charge is 2.72. The van der Waals surface area contributed by atoms with Gasteiger partial charge in [-0.1, -0.05) is 83.3 Å². The van der Waals surface area contributed by atoms with Crippen LogP contribution in [0.2, 0.25) is 0 Å². The van der Waals surface area contributed by atoms with Gasteiger partial charge in [-0.3, -0.25) is 5.32 Å². The minimum absolute atomic E-state index is 0.0539. The zero-order valence-electron chi connectivity index (χ0n) is 38.2. The van der Waals surface area contributed by atoms with Gasteiger partial charge in [0.25, 0.3) is 0 Å².